The minimum Gasteiger partial charge on any atom is -0.326 e. The molecule has 1 aromatic heterocycles. The molecule has 0 fully saturated rings. The second-order valence-corrected chi connectivity index (χ2v) is 6.38. The third-order valence-electron chi connectivity index (χ3n) is 2.21. The molecule has 0 bridgehead atoms. The highest BCUT2D eigenvalue weighted by atomic mass is 35.5. The van der Waals surface area contributed by atoms with Crippen molar-refractivity contribution in [2.45, 2.75) is 11.4 Å². The summed E-state index contributed by atoms with van der Waals surface area (Å²) in [5.74, 6) is 0. The molecular formula is C10H10ClN3O2S2. The van der Waals surface area contributed by atoms with E-state index in [0.29, 0.717) is 15.7 Å². The van der Waals surface area contributed by atoms with Crippen LogP contribution in [0.15, 0.2) is 34.7 Å². The van der Waals surface area contributed by atoms with E-state index >= 15 is 0 Å². The Morgan fingerprint density at radius 2 is 2.22 bits per heavy atom. The first kappa shape index (κ1) is 13.3. The summed E-state index contributed by atoms with van der Waals surface area (Å²) in [5.41, 5.74) is 6.16. The number of halogens is 1. The number of nitrogens with one attached hydrogen (secondary N) is 1. The number of sulfonamides is 1. The fourth-order valence-electron chi connectivity index (χ4n) is 1.31. The number of hydrogen-bond acceptors (Lipinski definition) is 5. The number of thiazole rings is 1. The van der Waals surface area contributed by atoms with Crippen LogP contribution in [0.25, 0.3) is 0 Å². The van der Waals surface area contributed by atoms with Crippen molar-refractivity contribution in [3.05, 3.63) is 40.4 Å². The molecule has 0 spiro atoms. The molecular weight excluding hydrogens is 294 g/mol. The minimum atomic E-state index is -3.66. The number of nitrogens with two attached hydrogens (primary N) is 1. The van der Waals surface area contributed by atoms with Crippen LogP contribution in [-0.4, -0.2) is 13.4 Å². The number of anilines is 1. The van der Waals surface area contributed by atoms with Gasteiger partial charge in [0.05, 0.1) is 4.90 Å². The molecule has 0 aliphatic rings. The van der Waals surface area contributed by atoms with Crippen LogP contribution in [0.5, 0.6) is 0 Å². The van der Waals surface area contributed by atoms with Crippen LogP contribution in [0.2, 0.25) is 5.02 Å². The lowest BCUT2D eigenvalue weighted by Crippen LogP contribution is -2.13. The average molecular weight is 304 g/mol. The highest BCUT2D eigenvalue weighted by Gasteiger charge is 2.16. The molecule has 0 radical (unpaired) electrons. The van der Waals surface area contributed by atoms with Gasteiger partial charge in [-0.15, -0.1) is 11.3 Å². The zero-order valence-electron chi connectivity index (χ0n) is 9.13. The average Bonchev–Trinajstić information content (AvgIpc) is 2.81. The fourth-order valence-corrected chi connectivity index (χ4v) is 3.45. The number of aromatic nitrogens is 1. The Balaban J connectivity index is 2.33. The zero-order valence-corrected chi connectivity index (χ0v) is 11.5. The molecule has 2 aromatic rings. The van der Waals surface area contributed by atoms with Gasteiger partial charge in [-0.1, -0.05) is 17.7 Å². The van der Waals surface area contributed by atoms with Crippen LogP contribution < -0.4 is 10.5 Å². The van der Waals surface area contributed by atoms with Gasteiger partial charge >= 0.3 is 0 Å². The van der Waals surface area contributed by atoms with Gasteiger partial charge in [0.2, 0.25) is 0 Å². The molecule has 1 heterocycles. The van der Waals surface area contributed by atoms with Gasteiger partial charge in [-0.2, -0.15) is 0 Å². The molecule has 3 N–H and O–H groups in total. The molecule has 8 heteroatoms. The number of nitrogens with zero attached hydrogens (tertiary/aromatic N) is 1. The van der Waals surface area contributed by atoms with Crippen molar-refractivity contribution in [2.24, 2.45) is 5.73 Å². The molecule has 2 rings (SSSR count). The van der Waals surface area contributed by atoms with Gasteiger partial charge in [-0.3, -0.25) is 4.72 Å². The van der Waals surface area contributed by atoms with Gasteiger partial charge in [0.15, 0.2) is 5.13 Å². The second kappa shape index (κ2) is 5.23. The van der Waals surface area contributed by atoms with E-state index in [1.807, 2.05) is 0 Å². The Hall–Kier alpha value is -1.15. The molecule has 0 aliphatic carbocycles. The van der Waals surface area contributed by atoms with Gasteiger partial charge in [-0.05, 0) is 17.7 Å². The summed E-state index contributed by atoms with van der Waals surface area (Å²) in [4.78, 5) is 3.94. The minimum absolute atomic E-state index is 0.0832. The lowest BCUT2D eigenvalue weighted by molar-refractivity contribution is 0.601. The molecule has 0 saturated heterocycles. The predicted octanol–water partition coefficient (Wildman–Crippen LogP) is 2.06. The van der Waals surface area contributed by atoms with Crippen LogP contribution in [0.4, 0.5) is 5.13 Å². The summed E-state index contributed by atoms with van der Waals surface area (Å²) in [5, 5.41) is 2.33. The molecule has 0 amide bonds. The first-order valence-corrected chi connectivity index (χ1v) is 7.68. The number of benzene rings is 1. The van der Waals surface area contributed by atoms with E-state index in [9.17, 15) is 8.42 Å². The van der Waals surface area contributed by atoms with E-state index in [1.165, 1.54) is 29.7 Å². The van der Waals surface area contributed by atoms with Crippen LogP contribution in [0, 0.1) is 0 Å². The Labute approximate surface area is 114 Å². The highest BCUT2D eigenvalue weighted by Crippen LogP contribution is 2.23. The van der Waals surface area contributed by atoms with Crippen LogP contribution in [-0.2, 0) is 16.6 Å². The summed E-state index contributed by atoms with van der Waals surface area (Å²) in [6, 6.07) is 4.43. The largest absolute Gasteiger partial charge is 0.326 e. The number of rotatable bonds is 4. The van der Waals surface area contributed by atoms with E-state index in [4.69, 9.17) is 17.3 Å². The van der Waals surface area contributed by atoms with Gasteiger partial charge < -0.3 is 5.73 Å². The molecule has 0 atom stereocenters. The number of hydrogen-bond donors (Lipinski definition) is 2. The maximum Gasteiger partial charge on any atom is 0.263 e. The van der Waals surface area contributed by atoms with Gasteiger partial charge in [0, 0.05) is 23.1 Å². The van der Waals surface area contributed by atoms with Crippen LogP contribution in [0.3, 0.4) is 0 Å². The molecule has 5 nitrogen and oxygen atoms in total. The first-order valence-electron chi connectivity index (χ1n) is 4.94. The molecule has 18 heavy (non-hydrogen) atoms. The van der Waals surface area contributed by atoms with Crippen molar-refractivity contribution in [3.8, 4) is 0 Å². The summed E-state index contributed by atoms with van der Waals surface area (Å²) < 4.78 is 26.4. The zero-order chi connectivity index (χ0) is 13.2. The standard InChI is InChI=1S/C10H10ClN3O2S2/c11-9-5-8(2-1-7(9)6-12)18(15,16)14-10-13-3-4-17-10/h1-5H,6,12H2,(H,13,14). The van der Waals surface area contributed by atoms with Gasteiger partial charge in [0.1, 0.15) is 0 Å². The monoisotopic (exact) mass is 303 g/mol. The van der Waals surface area contributed by atoms with E-state index < -0.39 is 10.0 Å². The van der Waals surface area contributed by atoms with Gasteiger partial charge in [0.25, 0.3) is 10.0 Å². The van der Waals surface area contributed by atoms with E-state index in [2.05, 4.69) is 9.71 Å². The van der Waals surface area contributed by atoms with E-state index in [0.717, 1.165) is 0 Å². The topological polar surface area (TPSA) is 85.1 Å². The predicted molar refractivity (Wildman–Crippen MR) is 72.3 cm³/mol. The molecule has 0 saturated carbocycles. The molecule has 0 unspecified atom stereocenters. The SMILES string of the molecule is NCc1ccc(S(=O)(=O)Nc2nccs2)cc1Cl. The normalized spacial score (nSPS) is 11.4. The fraction of sp³-hybridized carbons (Fsp3) is 0.100. The molecule has 1 aromatic carbocycles. The summed E-state index contributed by atoms with van der Waals surface area (Å²) in [6.45, 7) is 0.263. The van der Waals surface area contributed by atoms with Crippen molar-refractivity contribution >= 4 is 38.1 Å². The van der Waals surface area contributed by atoms with Crippen LogP contribution in [0.1, 0.15) is 5.56 Å². The van der Waals surface area contributed by atoms with Crippen molar-refractivity contribution in [1.29, 1.82) is 0 Å². The highest BCUT2D eigenvalue weighted by molar-refractivity contribution is 7.93. The Bertz CT molecular complexity index is 641. The maximum absolute atomic E-state index is 12.0. The Morgan fingerprint density at radius 3 is 2.78 bits per heavy atom. The summed E-state index contributed by atoms with van der Waals surface area (Å²) in [6.07, 6.45) is 1.52. The Morgan fingerprint density at radius 1 is 1.44 bits per heavy atom. The third-order valence-corrected chi connectivity index (χ3v) is 4.71. The Kier molecular flexibility index (Phi) is 3.86. The molecule has 96 valence electrons. The van der Waals surface area contributed by atoms with E-state index in [-0.39, 0.29) is 11.4 Å². The quantitative estimate of drug-likeness (QED) is 0.905. The second-order valence-electron chi connectivity index (χ2n) is 3.40. The lowest BCUT2D eigenvalue weighted by atomic mass is 10.2. The van der Waals surface area contributed by atoms with E-state index in [1.54, 1.807) is 11.4 Å². The summed E-state index contributed by atoms with van der Waals surface area (Å²) in [7, 11) is -3.66. The van der Waals surface area contributed by atoms with Crippen molar-refractivity contribution < 1.29 is 8.42 Å². The smallest absolute Gasteiger partial charge is 0.263 e. The summed E-state index contributed by atoms with van der Waals surface area (Å²) >= 11 is 7.13. The lowest BCUT2D eigenvalue weighted by Gasteiger charge is -2.07. The van der Waals surface area contributed by atoms with Crippen molar-refractivity contribution in [3.63, 3.8) is 0 Å². The van der Waals surface area contributed by atoms with Crippen molar-refractivity contribution in [2.75, 3.05) is 4.72 Å². The first-order chi connectivity index (χ1) is 8.53. The third kappa shape index (κ3) is 2.81. The van der Waals surface area contributed by atoms with Crippen molar-refractivity contribution in [1.82, 2.24) is 4.98 Å². The van der Waals surface area contributed by atoms with Gasteiger partial charge in [-0.25, -0.2) is 13.4 Å². The van der Waals surface area contributed by atoms with Crippen LogP contribution >= 0.6 is 22.9 Å². The molecule has 0 aliphatic heterocycles. The maximum atomic E-state index is 12.0.